The van der Waals surface area contributed by atoms with Crippen LogP contribution in [-0.2, 0) is 4.79 Å². The van der Waals surface area contributed by atoms with Crippen LogP contribution >= 0.6 is 11.8 Å². The molecule has 78 valence electrons. The van der Waals surface area contributed by atoms with E-state index >= 15 is 0 Å². The van der Waals surface area contributed by atoms with E-state index in [1.165, 1.54) is 0 Å². The number of aliphatic carboxylic acids is 1. The zero-order valence-electron chi connectivity index (χ0n) is 6.65. The number of hydrogen-bond acceptors (Lipinski definition) is 4. The minimum Gasteiger partial charge on any atom is -0.475 e. The Morgan fingerprint density at radius 2 is 2.14 bits per heavy atom. The minimum atomic E-state index is -5.08. The third kappa shape index (κ3) is 5.31. The molecule has 0 aromatic heterocycles. The quantitative estimate of drug-likeness (QED) is 0.635. The first-order valence-corrected chi connectivity index (χ1v) is 4.17. The van der Waals surface area contributed by atoms with Gasteiger partial charge in [0, 0.05) is 6.20 Å². The van der Waals surface area contributed by atoms with Crippen LogP contribution in [0.25, 0.3) is 0 Å². The molecule has 0 spiro atoms. The first-order chi connectivity index (χ1) is 6.38. The van der Waals surface area contributed by atoms with Crippen molar-refractivity contribution in [3.63, 3.8) is 0 Å². The molecular weight excluding hydrogens is 221 g/mol. The first-order valence-electron chi connectivity index (χ1n) is 3.12. The molecule has 0 aromatic carbocycles. The molecule has 1 rings (SSSR count). The van der Waals surface area contributed by atoms with Gasteiger partial charge < -0.3 is 5.11 Å². The molecule has 8 heteroatoms. The first kappa shape index (κ1) is 12.6. The molecule has 1 aliphatic rings. The fraction of sp³-hybridized carbons (Fsp3) is 0.333. The van der Waals surface area contributed by atoms with E-state index in [0.717, 1.165) is 5.88 Å². The molecule has 0 saturated heterocycles. The second-order valence-corrected chi connectivity index (χ2v) is 2.82. The summed E-state index contributed by atoms with van der Waals surface area (Å²) < 4.78 is 31.7. The van der Waals surface area contributed by atoms with E-state index in [4.69, 9.17) is 15.2 Å². The molecule has 0 aliphatic carbocycles. The van der Waals surface area contributed by atoms with E-state index < -0.39 is 12.1 Å². The molecule has 0 radical (unpaired) electrons. The van der Waals surface area contributed by atoms with Gasteiger partial charge in [-0.3, -0.25) is 4.90 Å². The van der Waals surface area contributed by atoms with Crippen molar-refractivity contribution in [2.45, 2.75) is 6.18 Å². The van der Waals surface area contributed by atoms with Crippen LogP contribution in [0, 0.1) is 11.5 Å². The number of alkyl halides is 3. The van der Waals surface area contributed by atoms with Gasteiger partial charge in [-0.1, -0.05) is 0 Å². The van der Waals surface area contributed by atoms with Gasteiger partial charge in [-0.05, 0) is 5.41 Å². The van der Waals surface area contributed by atoms with Gasteiger partial charge in [0.15, 0.2) is 6.19 Å². The van der Waals surface area contributed by atoms with E-state index in [1.807, 2.05) is 11.6 Å². The maximum Gasteiger partial charge on any atom is 0.490 e. The SMILES string of the molecule is N#CN1C=CSC1.O=C(O)C(F)(F)F. The molecule has 0 unspecified atom stereocenters. The second kappa shape index (κ2) is 5.39. The van der Waals surface area contributed by atoms with Gasteiger partial charge in [0.25, 0.3) is 0 Å². The standard InChI is InChI=1S/C4H4N2S.C2HF3O2/c5-3-6-1-2-7-4-6;3-2(4,5)1(6)7/h1-2H,4H2;(H,6,7). The Kier molecular flexibility index (Phi) is 4.86. The van der Waals surface area contributed by atoms with Crippen molar-refractivity contribution in [3.8, 4) is 6.19 Å². The van der Waals surface area contributed by atoms with E-state index in [2.05, 4.69) is 0 Å². The van der Waals surface area contributed by atoms with Crippen LogP contribution in [0.5, 0.6) is 0 Å². The number of hydrogen-bond donors (Lipinski definition) is 1. The number of rotatable bonds is 0. The highest BCUT2D eigenvalue weighted by Gasteiger charge is 2.38. The van der Waals surface area contributed by atoms with Gasteiger partial charge in [-0.25, -0.2) is 4.79 Å². The molecule has 0 bridgehead atoms. The van der Waals surface area contributed by atoms with E-state index in [0.29, 0.717) is 0 Å². The number of halogens is 3. The molecule has 1 N–H and O–H groups in total. The van der Waals surface area contributed by atoms with Crippen LogP contribution in [0.1, 0.15) is 0 Å². The molecule has 0 atom stereocenters. The Balaban J connectivity index is 0.000000241. The lowest BCUT2D eigenvalue weighted by Crippen LogP contribution is -2.21. The lowest BCUT2D eigenvalue weighted by atomic mass is 10.7. The van der Waals surface area contributed by atoms with Crippen LogP contribution < -0.4 is 0 Å². The van der Waals surface area contributed by atoms with Gasteiger partial charge >= 0.3 is 12.1 Å². The predicted molar refractivity (Wildman–Crippen MR) is 42.7 cm³/mol. The van der Waals surface area contributed by atoms with Crippen molar-refractivity contribution in [3.05, 3.63) is 11.6 Å². The highest BCUT2D eigenvalue weighted by molar-refractivity contribution is 8.02. The summed E-state index contributed by atoms with van der Waals surface area (Å²) in [5, 5.41) is 17.2. The maximum atomic E-state index is 10.6. The highest BCUT2D eigenvalue weighted by Crippen LogP contribution is 2.13. The number of nitrogens with zero attached hydrogens (tertiary/aromatic N) is 2. The second-order valence-electron chi connectivity index (χ2n) is 1.95. The lowest BCUT2D eigenvalue weighted by Gasteiger charge is -1.96. The van der Waals surface area contributed by atoms with Crippen molar-refractivity contribution in [2.24, 2.45) is 0 Å². The molecule has 0 aromatic rings. The summed E-state index contributed by atoms with van der Waals surface area (Å²) >= 11 is 1.63. The molecule has 14 heavy (non-hydrogen) atoms. The van der Waals surface area contributed by atoms with Crippen molar-refractivity contribution in [1.29, 1.82) is 5.26 Å². The molecule has 4 nitrogen and oxygen atoms in total. The van der Waals surface area contributed by atoms with Crippen molar-refractivity contribution in [1.82, 2.24) is 4.90 Å². The van der Waals surface area contributed by atoms with Gasteiger partial charge in [0.1, 0.15) is 0 Å². The summed E-state index contributed by atoms with van der Waals surface area (Å²) in [6.07, 6.45) is -1.33. The minimum absolute atomic E-state index is 0.788. The Hall–Kier alpha value is -1.36. The summed E-state index contributed by atoms with van der Waals surface area (Å²) in [4.78, 5) is 10.5. The Bertz CT molecular complexity index is 271. The van der Waals surface area contributed by atoms with Crippen LogP contribution in [0.2, 0.25) is 0 Å². The topological polar surface area (TPSA) is 64.3 Å². The van der Waals surface area contributed by atoms with Crippen LogP contribution in [0.15, 0.2) is 11.6 Å². The summed E-state index contributed by atoms with van der Waals surface area (Å²) in [5.41, 5.74) is 0. The van der Waals surface area contributed by atoms with E-state index in [-0.39, 0.29) is 0 Å². The van der Waals surface area contributed by atoms with Crippen LogP contribution in [0.3, 0.4) is 0 Å². The molecule has 1 aliphatic heterocycles. The Labute approximate surface area is 81.6 Å². The van der Waals surface area contributed by atoms with Gasteiger partial charge in [-0.15, -0.1) is 11.8 Å². The number of carboxylic acid groups (broad SMARTS) is 1. The normalized spacial score (nSPS) is 14.3. The molecule has 1 heterocycles. The highest BCUT2D eigenvalue weighted by atomic mass is 32.2. The van der Waals surface area contributed by atoms with E-state index in [1.54, 1.807) is 22.9 Å². The third-order valence-electron chi connectivity index (χ3n) is 0.922. The lowest BCUT2D eigenvalue weighted by molar-refractivity contribution is -0.192. The van der Waals surface area contributed by atoms with Gasteiger partial charge in [-0.2, -0.15) is 18.4 Å². The number of carbonyl (C=O) groups is 1. The number of thioether (sulfide) groups is 1. The monoisotopic (exact) mass is 226 g/mol. The van der Waals surface area contributed by atoms with Crippen molar-refractivity contribution in [2.75, 3.05) is 5.88 Å². The van der Waals surface area contributed by atoms with Gasteiger partial charge in [0.05, 0.1) is 5.88 Å². The number of nitriles is 1. The third-order valence-corrected chi connectivity index (χ3v) is 1.66. The zero-order chi connectivity index (χ0) is 11.2. The fourth-order valence-electron chi connectivity index (χ4n) is 0.345. The molecular formula is C6H5F3N2O2S. The zero-order valence-corrected chi connectivity index (χ0v) is 7.47. The van der Waals surface area contributed by atoms with Crippen LogP contribution in [0.4, 0.5) is 13.2 Å². The largest absolute Gasteiger partial charge is 0.490 e. The molecule has 0 saturated carbocycles. The van der Waals surface area contributed by atoms with Gasteiger partial charge in [0.2, 0.25) is 0 Å². The molecule has 0 fully saturated rings. The summed E-state index contributed by atoms with van der Waals surface area (Å²) in [7, 11) is 0. The summed E-state index contributed by atoms with van der Waals surface area (Å²) in [6, 6.07) is 0. The average Bonchev–Trinajstić information content (AvgIpc) is 2.54. The fourth-order valence-corrected chi connectivity index (χ4v) is 0.969. The van der Waals surface area contributed by atoms with E-state index in [9.17, 15) is 13.2 Å². The summed E-state index contributed by atoms with van der Waals surface area (Å²) in [5.74, 6) is -1.97. The summed E-state index contributed by atoms with van der Waals surface area (Å²) in [6.45, 7) is 0. The Morgan fingerprint density at radius 3 is 2.29 bits per heavy atom. The van der Waals surface area contributed by atoms with Crippen LogP contribution in [-0.4, -0.2) is 28.0 Å². The predicted octanol–water partition coefficient (Wildman–Crippen LogP) is 1.58. The average molecular weight is 226 g/mol. The maximum absolute atomic E-state index is 10.6. The molecule has 0 amide bonds. The van der Waals surface area contributed by atoms with Crippen molar-refractivity contribution < 1.29 is 23.1 Å². The smallest absolute Gasteiger partial charge is 0.475 e. The van der Waals surface area contributed by atoms with Crippen molar-refractivity contribution >= 4 is 17.7 Å². The number of carboxylic acids is 1. The Morgan fingerprint density at radius 1 is 1.64 bits per heavy atom.